The second kappa shape index (κ2) is 2.75. The van der Waals surface area contributed by atoms with Crippen LogP contribution in [0.5, 0.6) is 0 Å². The zero-order valence-corrected chi connectivity index (χ0v) is 5.26. The van der Waals surface area contributed by atoms with Gasteiger partial charge in [0.2, 0.25) is 0 Å². The molecule has 0 amide bonds. The Balaban J connectivity index is 4.06. The first kappa shape index (κ1) is 8.32. The minimum Gasteiger partial charge on any atom is -0.293 e. The van der Waals surface area contributed by atoms with E-state index in [1.165, 1.54) is 0 Å². The molecule has 1 radical (unpaired) electrons. The summed E-state index contributed by atoms with van der Waals surface area (Å²) < 4.78 is 27.6. The standard InChI is InChI=1S/C4H5O4S/c1-2-4(5)3-9(6,7)8/h2-3H,1H2,(H,6,7,8). The van der Waals surface area contributed by atoms with Crippen LogP contribution < -0.4 is 0 Å². The van der Waals surface area contributed by atoms with Crippen molar-refractivity contribution in [2.45, 2.75) is 0 Å². The summed E-state index contributed by atoms with van der Waals surface area (Å²) in [6, 6.07) is 0. The van der Waals surface area contributed by atoms with Gasteiger partial charge in [-0.1, -0.05) is 6.58 Å². The van der Waals surface area contributed by atoms with Gasteiger partial charge in [-0.3, -0.25) is 9.35 Å². The van der Waals surface area contributed by atoms with E-state index in [0.717, 1.165) is 6.08 Å². The van der Waals surface area contributed by atoms with Gasteiger partial charge in [0, 0.05) is 0 Å². The molecule has 9 heavy (non-hydrogen) atoms. The molecule has 0 saturated heterocycles. The van der Waals surface area contributed by atoms with Crippen molar-refractivity contribution in [3.63, 3.8) is 0 Å². The molecule has 0 aliphatic heterocycles. The van der Waals surface area contributed by atoms with E-state index in [0.29, 0.717) is 0 Å². The molecule has 0 rings (SSSR count). The highest BCUT2D eigenvalue weighted by molar-refractivity contribution is 7.88. The van der Waals surface area contributed by atoms with E-state index in [1.807, 2.05) is 0 Å². The van der Waals surface area contributed by atoms with Crippen molar-refractivity contribution in [3.05, 3.63) is 18.4 Å². The maximum atomic E-state index is 10.1. The van der Waals surface area contributed by atoms with Gasteiger partial charge in [-0.25, -0.2) is 0 Å². The molecule has 0 atom stereocenters. The first-order chi connectivity index (χ1) is 3.95. The summed E-state index contributed by atoms with van der Waals surface area (Å²) in [6.45, 7) is 2.99. The van der Waals surface area contributed by atoms with E-state index in [-0.39, 0.29) is 5.75 Å². The Hall–Kier alpha value is -0.680. The van der Waals surface area contributed by atoms with Crippen molar-refractivity contribution < 1.29 is 17.8 Å². The van der Waals surface area contributed by atoms with Crippen LogP contribution in [0.4, 0.5) is 0 Å². The van der Waals surface area contributed by atoms with E-state index >= 15 is 0 Å². The molecule has 4 nitrogen and oxygen atoms in total. The molecule has 0 aromatic rings. The van der Waals surface area contributed by atoms with E-state index in [2.05, 4.69) is 6.58 Å². The second-order valence-electron chi connectivity index (χ2n) is 1.24. The van der Waals surface area contributed by atoms with Crippen molar-refractivity contribution in [3.8, 4) is 0 Å². The third kappa shape index (κ3) is 5.19. The lowest BCUT2D eigenvalue weighted by Crippen LogP contribution is -2.04. The van der Waals surface area contributed by atoms with Gasteiger partial charge in [-0.15, -0.1) is 0 Å². The van der Waals surface area contributed by atoms with Crippen LogP contribution in [0.2, 0.25) is 0 Å². The smallest absolute Gasteiger partial charge is 0.277 e. The lowest BCUT2D eigenvalue weighted by atomic mass is 10.5. The molecule has 0 aromatic carbocycles. The zero-order chi connectivity index (χ0) is 7.49. The van der Waals surface area contributed by atoms with Crippen LogP contribution in [0.1, 0.15) is 0 Å². The number of ketones is 1. The van der Waals surface area contributed by atoms with Gasteiger partial charge in [-0.2, -0.15) is 8.42 Å². The predicted octanol–water partition coefficient (Wildman–Crippen LogP) is -0.209. The third-order valence-electron chi connectivity index (χ3n) is 0.466. The van der Waals surface area contributed by atoms with E-state index in [9.17, 15) is 13.2 Å². The maximum Gasteiger partial charge on any atom is 0.277 e. The highest BCUT2D eigenvalue weighted by atomic mass is 32.2. The van der Waals surface area contributed by atoms with Crippen molar-refractivity contribution in [2.24, 2.45) is 0 Å². The molecule has 0 fully saturated rings. The zero-order valence-electron chi connectivity index (χ0n) is 4.44. The van der Waals surface area contributed by atoms with Crippen LogP contribution in [0.15, 0.2) is 12.7 Å². The van der Waals surface area contributed by atoms with Crippen molar-refractivity contribution in [1.29, 1.82) is 0 Å². The molecular formula is C4H5O4S. The first-order valence-electron chi connectivity index (χ1n) is 1.94. The lowest BCUT2D eigenvalue weighted by Gasteiger charge is -1.86. The molecule has 0 aromatic heterocycles. The predicted molar refractivity (Wildman–Crippen MR) is 31.1 cm³/mol. The highest BCUT2D eigenvalue weighted by Crippen LogP contribution is 1.90. The number of carbonyl (C=O) groups is 1. The molecule has 0 aliphatic carbocycles. The number of rotatable bonds is 3. The second-order valence-corrected chi connectivity index (χ2v) is 2.50. The molecule has 0 unspecified atom stereocenters. The number of hydrogen-bond acceptors (Lipinski definition) is 3. The van der Waals surface area contributed by atoms with Gasteiger partial charge in [0.05, 0.1) is 0 Å². The van der Waals surface area contributed by atoms with Crippen molar-refractivity contribution in [1.82, 2.24) is 0 Å². The Bertz CT molecular complexity index is 213. The van der Waals surface area contributed by atoms with Crippen molar-refractivity contribution >= 4 is 15.9 Å². The summed E-state index contributed by atoms with van der Waals surface area (Å²) in [6.07, 6.45) is 0.785. The molecule has 51 valence electrons. The minimum atomic E-state index is -4.28. The average molecular weight is 149 g/mol. The van der Waals surface area contributed by atoms with E-state index in [1.54, 1.807) is 0 Å². The Morgan fingerprint density at radius 1 is 1.56 bits per heavy atom. The monoisotopic (exact) mass is 149 g/mol. The Morgan fingerprint density at radius 3 is 2.11 bits per heavy atom. The fraction of sp³-hybridized carbons (Fsp3) is 0. The Labute approximate surface area is 52.9 Å². The molecule has 5 heteroatoms. The summed E-state index contributed by atoms with van der Waals surface area (Å²) in [5.74, 6) is -0.655. The fourth-order valence-corrected chi connectivity index (χ4v) is 0.585. The van der Waals surface area contributed by atoms with E-state index < -0.39 is 15.9 Å². The highest BCUT2D eigenvalue weighted by Gasteiger charge is 2.09. The summed E-state index contributed by atoms with van der Waals surface area (Å²) in [5, 5.41) is 0. The van der Waals surface area contributed by atoms with Crippen LogP contribution in [0.3, 0.4) is 0 Å². The van der Waals surface area contributed by atoms with Gasteiger partial charge in [0.25, 0.3) is 10.1 Å². The number of allylic oxidation sites excluding steroid dienone is 1. The van der Waals surface area contributed by atoms with Crippen LogP contribution in [0, 0.1) is 5.75 Å². The number of carbonyl (C=O) groups excluding carboxylic acids is 1. The molecule has 0 spiro atoms. The molecule has 0 heterocycles. The van der Waals surface area contributed by atoms with Gasteiger partial charge >= 0.3 is 0 Å². The summed E-state index contributed by atoms with van der Waals surface area (Å²) in [5.41, 5.74) is 0. The SMILES string of the molecule is C=CC(=O)[CH]S(=O)(=O)O. The third-order valence-corrected chi connectivity index (χ3v) is 0.996. The van der Waals surface area contributed by atoms with Crippen LogP contribution in [-0.4, -0.2) is 18.8 Å². The van der Waals surface area contributed by atoms with E-state index in [4.69, 9.17) is 4.55 Å². The normalized spacial score (nSPS) is 10.8. The van der Waals surface area contributed by atoms with Gasteiger partial charge in [0.15, 0.2) is 11.5 Å². The molecule has 0 bridgehead atoms. The van der Waals surface area contributed by atoms with Crippen LogP contribution >= 0.6 is 0 Å². The average Bonchev–Trinajstić information content (AvgIpc) is 1.62. The molecular weight excluding hydrogens is 144 g/mol. The lowest BCUT2D eigenvalue weighted by molar-refractivity contribution is -0.111. The van der Waals surface area contributed by atoms with Gasteiger partial charge in [0.1, 0.15) is 0 Å². The minimum absolute atomic E-state index is 0.181. The van der Waals surface area contributed by atoms with Crippen molar-refractivity contribution in [2.75, 3.05) is 0 Å². The summed E-state index contributed by atoms with van der Waals surface area (Å²) in [4.78, 5) is 10.1. The topological polar surface area (TPSA) is 71.4 Å². The molecule has 0 aliphatic rings. The molecule has 1 N–H and O–H groups in total. The summed E-state index contributed by atoms with van der Waals surface area (Å²) in [7, 11) is -4.28. The van der Waals surface area contributed by atoms with Crippen LogP contribution in [0.25, 0.3) is 0 Å². The van der Waals surface area contributed by atoms with Gasteiger partial charge in [-0.05, 0) is 6.08 Å². The maximum absolute atomic E-state index is 10.1. The number of hydrogen-bond donors (Lipinski definition) is 1. The largest absolute Gasteiger partial charge is 0.293 e. The molecule has 0 saturated carbocycles. The quantitative estimate of drug-likeness (QED) is 0.445. The van der Waals surface area contributed by atoms with Crippen LogP contribution in [-0.2, 0) is 14.9 Å². The Kier molecular flexibility index (Phi) is 2.54. The first-order valence-corrected chi connectivity index (χ1v) is 3.44. The summed E-state index contributed by atoms with van der Waals surface area (Å²) >= 11 is 0. The fourth-order valence-electron chi connectivity index (χ4n) is 0.195. The Morgan fingerprint density at radius 2 is 2.00 bits per heavy atom. The van der Waals surface area contributed by atoms with Gasteiger partial charge < -0.3 is 0 Å².